The van der Waals surface area contributed by atoms with Gasteiger partial charge in [-0.25, -0.2) is 8.78 Å². The van der Waals surface area contributed by atoms with Crippen molar-refractivity contribution in [3.8, 4) is 5.75 Å². The van der Waals surface area contributed by atoms with Gasteiger partial charge in [0.25, 0.3) is 0 Å². The van der Waals surface area contributed by atoms with Crippen LogP contribution in [0.2, 0.25) is 0 Å². The third-order valence-corrected chi connectivity index (χ3v) is 8.09. The molecule has 202 valence electrons. The van der Waals surface area contributed by atoms with Gasteiger partial charge in [-0.15, -0.1) is 0 Å². The molecule has 2 aliphatic rings. The number of H-pyrrole nitrogens is 1. The molecule has 2 saturated heterocycles. The number of β-amino-alcohol motifs (C(OH)–C–C–N with tert-alkyl or cyclic N) is 1. The minimum absolute atomic E-state index is 0.152. The molecule has 3 heterocycles. The molecule has 1 atom stereocenters. The van der Waals surface area contributed by atoms with Gasteiger partial charge >= 0.3 is 0 Å². The molecule has 2 N–H and O–H groups in total. The molecule has 5 rings (SSSR count). The molecule has 3 aromatic rings. The van der Waals surface area contributed by atoms with Crippen molar-refractivity contribution in [3.63, 3.8) is 0 Å². The highest BCUT2D eigenvalue weighted by Crippen LogP contribution is 2.35. The minimum Gasteiger partial charge on any atom is -0.497 e. The summed E-state index contributed by atoms with van der Waals surface area (Å²) in [5.74, 6) is -0.0247. The number of nitrogens with one attached hydrogen (secondary N) is 1. The highest BCUT2D eigenvalue weighted by molar-refractivity contribution is 5.91. The molecule has 1 aromatic heterocycles. The number of hydrogen-bond donors (Lipinski definition) is 2. The quantitative estimate of drug-likeness (QED) is 0.430. The summed E-state index contributed by atoms with van der Waals surface area (Å²) in [6.07, 6.45) is 8.07. The number of nitrogens with zero attached hydrogens (tertiary/aromatic N) is 2. The van der Waals surface area contributed by atoms with Gasteiger partial charge in [-0.2, -0.15) is 0 Å². The number of aromatic amines is 1. The summed E-state index contributed by atoms with van der Waals surface area (Å²) in [4.78, 5) is 20.0. The van der Waals surface area contributed by atoms with Crippen molar-refractivity contribution in [1.82, 2.24) is 14.8 Å². The average molecular weight is 524 g/mol. The first-order valence-corrected chi connectivity index (χ1v) is 13.4. The number of carbonyl (C=O) groups is 1. The lowest BCUT2D eigenvalue weighted by atomic mass is 9.87. The van der Waals surface area contributed by atoms with Gasteiger partial charge in [-0.1, -0.05) is 0 Å². The fraction of sp³-hybridized carbons (Fsp3) is 0.433. The third kappa shape index (κ3) is 6.08. The molecule has 0 saturated carbocycles. The van der Waals surface area contributed by atoms with Crippen molar-refractivity contribution in [2.24, 2.45) is 5.92 Å². The summed E-state index contributed by atoms with van der Waals surface area (Å²) in [5, 5.41) is 12.2. The number of benzene rings is 2. The van der Waals surface area contributed by atoms with E-state index in [0.717, 1.165) is 56.1 Å². The van der Waals surface area contributed by atoms with Crippen LogP contribution in [0.5, 0.6) is 5.75 Å². The largest absolute Gasteiger partial charge is 0.497 e. The van der Waals surface area contributed by atoms with Gasteiger partial charge in [0.05, 0.1) is 13.2 Å². The topological polar surface area (TPSA) is 68.8 Å². The number of amides is 1. The zero-order valence-corrected chi connectivity index (χ0v) is 21.7. The van der Waals surface area contributed by atoms with E-state index in [1.54, 1.807) is 12.0 Å². The molecule has 2 aliphatic heterocycles. The number of aliphatic hydroxyl groups excluding tert-OH is 1. The number of hydrogen-bond acceptors (Lipinski definition) is 4. The van der Waals surface area contributed by atoms with E-state index in [4.69, 9.17) is 4.74 Å². The summed E-state index contributed by atoms with van der Waals surface area (Å²) in [6, 6.07) is 9.32. The molecule has 2 aromatic carbocycles. The van der Waals surface area contributed by atoms with Crippen LogP contribution in [0.1, 0.15) is 42.7 Å². The van der Waals surface area contributed by atoms with Crippen molar-refractivity contribution in [1.29, 1.82) is 0 Å². The molecule has 0 spiro atoms. The number of ether oxygens (including phenoxy) is 1. The molecule has 0 bridgehead atoms. The van der Waals surface area contributed by atoms with E-state index in [0.29, 0.717) is 31.1 Å². The van der Waals surface area contributed by atoms with E-state index in [-0.39, 0.29) is 11.8 Å². The summed E-state index contributed by atoms with van der Waals surface area (Å²) in [6.45, 7) is 3.67. The van der Waals surface area contributed by atoms with E-state index in [1.165, 1.54) is 35.2 Å². The Morgan fingerprint density at radius 3 is 2.47 bits per heavy atom. The van der Waals surface area contributed by atoms with Crippen molar-refractivity contribution in [2.75, 3.05) is 39.8 Å². The average Bonchev–Trinajstić information content (AvgIpc) is 3.35. The highest BCUT2D eigenvalue weighted by atomic mass is 19.1. The fourth-order valence-corrected chi connectivity index (χ4v) is 5.88. The minimum atomic E-state index is -0.672. The number of methoxy groups -OCH3 is 1. The SMILES string of the molecule is COc1ccc2[nH]cc(C3CCN(CC(O)C4CCN(C(=O)C=Cc5cc(F)cc(F)c5)CC4)CC3)c2c1. The van der Waals surface area contributed by atoms with Crippen molar-refractivity contribution < 1.29 is 23.4 Å². The van der Waals surface area contributed by atoms with E-state index >= 15 is 0 Å². The van der Waals surface area contributed by atoms with E-state index in [9.17, 15) is 18.7 Å². The van der Waals surface area contributed by atoms with Crippen molar-refractivity contribution >= 4 is 22.9 Å². The van der Waals surface area contributed by atoms with E-state index in [2.05, 4.69) is 28.2 Å². The highest BCUT2D eigenvalue weighted by Gasteiger charge is 2.30. The molecule has 1 amide bonds. The van der Waals surface area contributed by atoms with Gasteiger partial charge in [-0.3, -0.25) is 4.79 Å². The van der Waals surface area contributed by atoms with Gasteiger partial charge in [-0.05, 0) is 98.1 Å². The molecule has 8 heteroatoms. The molecular weight excluding hydrogens is 488 g/mol. The Morgan fingerprint density at radius 2 is 1.79 bits per heavy atom. The number of fused-ring (bicyclic) bond motifs is 1. The van der Waals surface area contributed by atoms with Crippen LogP contribution in [0.4, 0.5) is 8.78 Å². The second-order valence-electron chi connectivity index (χ2n) is 10.5. The monoisotopic (exact) mass is 523 g/mol. The maximum atomic E-state index is 13.4. The second-order valence-corrected chi connectivity index (χ2v) is 10.5. The third-order valence-electron chi connectivity index (χ3n) is 8.09. The van der Waals surface area contributed by atoms with Crippen LogP contribution in [0.25, 0.3) is 17.0 Å². The summed E-state index contributed by atoms with van der Waals surface area (Å²) in [5.41, 5.74) is 2.78. The lowest BCUT2D eigenvalue weighted by molar-refractivity contribution is -0.128. The number of aromatic nitrogens is 1. The molecule has 0 aliphatic carbocycles. The van der Waals surface area contributed by atoms with E-state index < -0.39 is 17.7 Å². The van der Waals surface area contributed by atoms with Crippen molar-refractivity contribution in [3.05, 3.63) is 71.4 Å². The number of carbonyl (C=O) groups excluding carboxylic acids is 1. The fourth-order valence-electron chi connectivity index (χ4n) is 5.88. The summed E-state index contributed by atoms with van der Waals surface area (Å²) >= 11 is 0. The van der Waals surface area contributed by atoms with E-state index in [1.807, 2.05) is 6.07 Å². The first kappa shape index (κ1) is 26.4. The summed E-state index contributed by atoms with van der Waals surface area (Å²) < 4.78 is 32.1. The van der Waals surface area contributed by atoms with Crippen LogP contribution in [0.3, 0.4) is 0 Å². The molecule has 2 fully saturated rings. The maximum absolute atomic E-state index is 13.4. The van der Waals surface area contributed by atoms with Crippen LogP contribution >= 0.6 is 0 Å². The first-order chi connectivity index (χ1) is 18.4. The lowest BCUT2D eigenvalue weighted by Gasteiger charge is -2.37. The maximum Gasteiger partial charge on any atom is 0.246 e. The van der Waals surface area contributed by atoms with Gasteiger partial charge in [0.1, 0.15) is 17.4 Å². The Morgan fingerprint density at radius 1 is 1.08 bits per heavy atom. The van der Waals surface area contributed by atoms with Crippen LogP contribution < -0.4 is 4.74 Å². The Bertz CT molecular complexity index is 1270. The number of piperidine rings is 2. The molecule has 6 nitrogen and oxygen atoms in total. The van der Waals surface area contributed by atoms with Gasteiger partial charge in [0, 0.05) is 48.9 Å². The Kier molecular flexibility index (Phi) is 8.09. The number of halogens is 2. The van der Waals surface area contributed by atoms with Crippen LogP contribution in [-0.2, 0) is 4.79 Å². The lowest BCUT2D eigenvalue weighted by Crippen LogP contribution is -2.45. The number of aliphatic hydroxyl groups is 1. The van der Waals surface area contributed by atoms with Gasteiger partial charge < -0.3 is 24.6 Å². The second kappa shape index (κ2) is 11.7. The van der Waals surface area contributed by atoms with Gasteiger partial charge in [0.15, 0.2) is 0 Å². The zero-order valence-electron chi connectivity index (χ0n) is 21.7. The van der Waals surface area contributed by atoms with Gasteiger partial charge in [0.2, 0.25) is 5.91 Å². The Balaban J connectivity index is 1.08. The molecular formula is C30H35F2N3O3. The number of likely N-dealkylation sites (tertiary alicyclic amines) is 2. The Hall–Kier alpha value is -3.23. The smallest absolute Gasteiger partial charge is 0.246 e. The zero-order chi connectivity index (χ0) is 26.6. The Labute approximate surface area is 221 Å². The summed E-state index contributed by atoms with van der Waals surface area (Å²) in [7, 11) is 1.69. The number of rotatable bonds is 7. The predicted octanol–water partition coefficient (Wildman–Crippen LogP) is 4.95. The molecule has 0 radical (unpaired) electrons. The normalized spacial score (nSPS) is 18.9. The van der Waals surface area contributed by atoms with Crippen molar-refractivity contribution in [2.45, 2.75) is 37.7 Å². The van der Waals surface area contributed by atoms with Crippen LogP contribution in [-0.4, -0.2) is 71.7 Å². The first-order valence-electron chi connectivity index (χ1n) is 13.4. The molecule has 1 unspecified atom stereocenters. The standard InChI is InChI=1S/C30H35F2N3O3/c1-38-25-3-4-28-26(17-25)27(18-33-28)21-6-10-34(11-7-21)19-29(36)22-8-12-35(13-9-22)30(37)5-2-20-14-23(31)16-24(32)15-20/h2-5,14-18,21-22,29,33,36H,6-13,19H2,1H3. The predicted molar refractivity (Wildman–Crippen MR) is 144 cm³/mol. The van der Waals surface area contributed by atoms with Crippen LogP contribution in [0.15, 0.2) is 48.7 Å². The van der Waals surface area contributed by atoms with Crippen LogP contribution in [0, 0.1) is 17.6 Å². The molecule has 38 heavy (non-hydrogen) atoms.